The van der Waals surface area contributed by atoms with E-state index in [-0.39, 0.29) is 36.3 Å². The van der Waals surface area contributed by atoms with Gasteiger partial charge in [-0.2, -0.15) is 0 Å². The number of phosphoric acid groups is 1. The Morgan fingerprint density at radius 2 is 1.39 bits per heavy atom. The van der Waals surface area contributed by atoms with Gasteiger partial charge in [-0.1, -0.05) is 0 Å². The summed E-state index contributed by atoms with van der Waals surface area (Å²) >= 11 is 8.40. The minimum Gasteiger partial charge on any atom is -0.379 e. The van der Waals surface area contributed by atoms with Crippen LogP contribution in [0.2, 0.25) is 0 Å². The van der Waals surface area contributed by atoms with Gasteiger partial charge in [0, 0.05) is 27.1 Å². The smallest absolute Gasteiger partial charge is 0.379 e. The van der Waals surface area contributed by atoms with Crippen molar-refractivity contribution >= 4 is 33.1 Å². The maximum atomic E-state index is 12.0. The van der Waals surface area contributed by atoms with Crippen molar-refractivity contribution in [2.24, 2.45) is 0 Å². The third kappa shape index (κ3) is 5.85. The first-order valence-electron chi connectivity index (χ1n) is 7.19. The normalized spacial score (nSPS) is 40.4. The largest absolute Gasteiger partial charge is 0.472 e. The molecule has 0 aromatic carbocycles. The van der Waals surface area contributed by atoms with Crippen LogP contribution in [0.5, 0.6) is 0 Å². The van der Waals surface area contributed by atoms with Crippen molar-refractivity contribution in [2.45, 2.75) is 48.1 Å². The molecule has 11 heteroatoms. The molecule has 136 valence electrons. The van der Waals surface area contributed by atoms with Crippen molar-refractivity contribution in [3.8, 4) is 0 Å². The van der Waals surface area contributed by atoms with Gasteiger partial charge in [-0.15, -0.1) is 25.3 Å². The number of hydrogen-bond acceptors (Lipinski definition) is 9. The van der Waals surface area contributed by atoms with Crippen molar-refractivity contribution in [3.05, 3.63) is 0 Å². The van der Waals surface area contributed by atoms with Gasteiger partial charge in [-0.3, -0.25) is 9.05 Å². The molecular weight excluding hydrogens is 367 g/mol. The van der Waals surface area contributed by atoms with Crippen molar-refractivity contribution in [1.82, 2.24) is 0 Å². The first kappa shape index (κ1) is 20.0. The SMILES string of the molecule is COC1CC(S)OC1COP(=O)(O)OC[C@H]1O[C@@H](S)C[C@H]1OC. The number of ether oxygens (including phenoxy) is 4. The summed E-state index contributed by atoms with van der Waals surface area (Å²) in [5, 5.41) is 0. The molecule has 2 saturated heterocycles. The van der Waals surface area contributed by atoms with Crippen LogP contribution in [0.4, 0.5) is 0 Å². The van der Waals surface area contributed by atoms with Crippen LogP contribution in [0.15, 0.2) is 0 Å². The zero-order valence-electron chi connectivity index (χ0n) is 12.9. The average molecular weight is 390 g/mol. The second-order valence-electron chi connectivity index (χ2n) is 5.34. The van der Waals surface area contributed by atoms with E-state index in [2.05, 4.69) is 25.3 Å². The molecule has 0 radical (unpaired) electrons. The van der Waals surface area contributed by atoms with Gasteiger partial charge >= 0.3 is 7.82 Å². The van der Waals surface area contributed by atoms with E-state index < -0.39 is 20.0 Å². The third-order valence-electron chi connectivity index (χ3n) is 3.77. The molecular formula is C12H23O8PS2. The Morgan fingerprint density at radius 3 is 1.74 bits per heavy atom. The Balaban J connectivity index is 1.77. The van der Waals surface area contributed by atoms with E-state index >= 15 is 0 Å². The average Bonchev–Trinajstić information content (AvgIpc) is 3.05. The van der Waals surface area contributed by atoms with Gasteiger partial charge in [0.15, 0.2) is 0 Å². The third-order valence-corrected chi connectivity index (χ3v) is 5.39. The van der Waals surface area contributed by atoms with Crippen molar-refractivity contribution in [1.29, 1.82) is 0 Å². The molecule has 0 bridgehead atoms. The Hall–Kier alpha value is 0.650. The highest BCUT2D eigenvalue weighted by atomic mass is 32.1. The predicted octanol–water partition coefficient (Wildman–Crippen LogP) is 1.24. The Labute approximate surface area is 146 Å². The molecule has 2 rings (SSSR count). The van der Waals surface area contributed by atoms with Gasteiger partial charge in [0.1, 0.15) is 23.1 Å². The summed E-state index contributed by atoms with van der Waals surface area (Å²) in [7, 11) is -1.15. The van der Waals surface area contributed by atoms with Gasteiger partial charge in [-0.25, -0.2) is 4.57 Å². The van der Waals surface area contributed by atoms with Crippen LogP contribution in [-0.4, -0.2) is 67.6 Å². The first-order valence-corrected chi connectivity index (χ1v) is 9.72. The van der Waals surface area contributed by atoms with E-state index in [1.54, 1.807) is 0 Å². The van der Waals surface area contributed by atoms with Crippen LogP contribution in [0.25, 0.3) is 0 Å². The quantitative estimate of drug-likeness (QED) is 0.421. The molecule has 0 spiro atoms. The summed E-state index contributed by atoms with van der Waals surface area (Å²) in [6, 6.07) is 0. The lowest BCUT2D eigenvalue weighted by Gasteiger charge is -2.21. The van der Waals surface area contributed by atoms with Gasteiger partial charge in [-0.05, 0) is 0 Å². The maximum Gasteiger partial charge on any atom is 0.472 e. The van der Waals surface area contributed by atoms with Crippen LogP contribution in [0, 0.1) is 0 Å². The van der Waals surface area contributed by atoms with Gasteiger partial charge in [0.05, 0.1) is 25.4 Å². The van der Waals surface area contributed by atoms with E-state index in [1.807, 2.05) is 0 Å². The zero-order chi connectivity index (χ0) is 17.0. The minimum atomic E-state index is -4.23. The molecule has 1 N–H and O–H groups in total. The van der Waals surface area contributed by atoms with Crippen LogP contribution < -0.4 is 0 Å². The predicted molar refractivity (Wildman–Crippen MR) is 87.9 cm³/mol. The van der Waals surface area contributed by atoms with E-state index in [0.29, 0.717) is 12.8 Å². The van der Waals surface area contributed by atoms with Crippen LogP contribution >= 0.6 is 33.1 Å². The molecule has 0 amide bonds. The van der Waals surface area contributed by atoms with Crippen molar-refractivity contribution < 1.29 is 37.5 Å². The summed E-state index contributed by atoms with van der Waals surface area (Å²) in [6.45, 7) is -0.254. The van der Waals surface area contributed by atoms with Gasteiger partial charge in [0.25, 0.3) is 0 Å². The summed E-state index contributed by atoms with van der Waals surface area (Å²) in [6.07, 6.45) is -0.250. The van der Waals surface area contributed by atoms with E-state index in [4.69, 9.17) is 28.0 Å². The number of thiol groups is 2. The lowest BCUT2D eigenvalue weighted by atomic mass is 10.2. The van der Waals surface area contributed by atoms with E-state index in [1.165, 1.54) is 14.2 Å². The summed E-state index contributed by atoms with van der Waals surface area (Å²) < 4.78 is 43.3. The fourth-order valence-electron chi connectivity index (χ4n) is 2.55. The lowest BCUT2D eigenvalue weighted by molar-refractivity contribution is -0.0348. The highest BCUT2D eigenvalue weighted by Gasteiger charge is 2.38. The van der Waals surface area contributed by atoms with Crippen molar-refractivity contribution in [2.75, 3.05) is 27.4 Å². The Bertz CT molecular complexity index is 394. The molecule has 0 aromatic rings. The van der Waals surface area contributed by atoms with E-state index in [0.717, 1.165) is 0 Å². The molecule has 2 fully saturated rings. The maximum absolute atomic E-state index is 12.0. The molecule has 2 aliphatic rings. The van der Waals surface area contributed by atoms with Gasteiger partial charge < -0.3 is 23.8 Å². The monoisotopic (exact) mass is 390 g/mol. The molecule has 23 heavy (non-hydrogen) atoms. The second kappa shape index (κ2) is 8.84. The number of rotatable bonds is 8. The molecule has 2 aliphatic heterocycles. The number of hydrogen-bond donors (Lipinski definition) is 3. The molecule has 2 heterocycles. The number of methoxy groups -OCH3 is 2. The zero-order valence-corrected chi connectivity index (χ0v) is 15.6. The minimum absolute atomic E-state index is 0.127. The van der Waals surface area contributed by atoms with Gasteiger partial charge in [0.2, 0.25) is 0 Å². The summed E-state index contributed by atoms with van der Waals surface area (Å²) in [4.78, 5) is 9.77. The Morgan fingerprint density at radius 1 is 1.00 bits per heavy atom. The fourth-order valence-corrected chi connectivity index (χ4v) is 4.03. The molecule has 8 nitrogen and oxygen atoms in total. The number of phosphoric ester groups is 1. The molecule has 4 unspecified atom stereocenters. The van der Waals surface area contributed by atoms with Crippen LogP contribution in [0.1, 0.15) is 12.8 Å². The standard InChI is InChI=1S/C12H23O8PS2/c1-15-7-3-11(22)19-9(7)5-17-21(13,14)18-6-10-8(16-2)4-12(23)20-10/h7-12,22-23H,3-6H2,1-2H3,(H,13,14)/t7-,8?,9-,10?,11+,12?/m1/s1. The lowest BCUT2D eigenvalue weighted by Crippen LogP contribution is -2.29. The topological polar surface area (TPSA) is 92.7 Å². The first-order chi connectivity index (χ1) is 10.8. The van der Waals surface area contributed by atoms with Crippen LogP contribution in [0.3, 0.4) is 0 Å². The molecule has 0 saturated carbocycles. The molecule has 0 aliphatic carbocycles. The fraction of sp³-hybridized carbons (Fsp3) is 1.00. The second-order valence-corrected chi connectivity index (χ2v) is 7.94. The van der Waals surface area contributed by atoms with E-state index in [9.17, 15) is 9.46 Å². The highest BCUT2D eigenvalue weighted by Crippen LogP contribution is 2.45. The molecule has 7 atom stereocenters. The summed E-state index contributed by atoms with van der Waals surface area (Å²) in [5.41, 5.74) is -0.566. The Kier molecular flexibility index (Phi) is 7.68. The van der Waals surface area contributed by atoms with Crippen molar-refractivity contribution in [3.63, 3.8) is 0 Å². The van der Waals surface area contributed by atoms with Crippen LogP contribution in [-0.2, 0) is 32.6 Å². The highest BCUT2D eigenvalue weighted by molar-refractivity contribution is 7.80. The molecule has 0 aromatic heterocycles. The summed E-state index contributed by atoms with van der Waals surface area (Å²) in [5.74, 6) is 0.